The summed E-state index contributed by atoms with van der Waals surface area (Å²) in [6.07, 6.45) is 1.67. The molecule has 0 aliphatic rings. The molecule has 0 aliphatic heterocycles. The molecule has 0 saturated heterocycles. The van der Waals surface area contributed by atoms with Crippen molar-refractivity contribution in [2.45, 2.75) is 12.8 Å². The molecule has 0 radical (unpaired) electrons. The monoisotopic (exact) mass is 256 g/mol. The van der Waals surface area contributed by atoms with Gasteiger partial charge in [-0.2, -0.15) is 0 Å². The number of nitrogens with one attached hydrogen (secondary N) is 2. The molecule has 2 N–H and O–H groups in total. The molecule has 0 atom stereocenters. The molecule has 2 amide bonds. The molecule has 0 aliphatic carbocycles. The molecule has 4 nitrogen and oxygen atoms in total. The zero-order valence-electron chi connectivity index (χ0n) is 10.6. The van der Waals surface area contributed by atoms with E-state index in [9.17, 15) is 9.59 Å². The minimum absolute atomic E-state index is 0.0671. The van der Waals surface area contributed by atoms with Crippen molar-refractivity contribution in [1.29, 1.82) is 0 Å². The zero-order valence-corrected chi connectivity index (χ0v) is 10.6. The van der Waals surface area contributed by atoms with Crippen molar-refractivity contribution in [3.05, 3.63) is 48.0 Å². The fourth-order valence-electron chi connectivity index (χ4n) is 1.93. The summed E-state index contributed by atoms with van der Waals surface area (Å²) >= 11 is 0. The second-order valence-electron chi connectivity index (χ2n) is 4.28. The number of amides is 2. The van der Waals surface area contributed by atoms with Gasteiger partial charge in [0.25, 0.3) is 0 Å². The van der Waals surface area contributed by atoms with Crippen LogP contribution in [0.1, 0.15) is 12.0 Å². The van der Waals surface area contributed by atoms with E-state index < -0.39 is 0 Å². The van der Waals surface area contributed by atoms with E-state index in [-0.39, 0.29) is 12.6 Å². The minimum Gasteiger partial charge on any atom is -0.341 e. The lowest BCUT2D eigenvalue weighted by Gasteiger charge is -2.05. The van der Waals surface area contributed by atoms with Crippen LogP contribution >= 0.6 is 0 Å². The fourth-order valence-corrected chi connectivity index (χ4v) is 1.93. The molecular weight excluding hydrogens is 240 g/mol. The summed E-state index contributed by atoms with van der Waals surface area (Å²) in [6.45, 7) is 0.181. The lowest BCUT2D eigenvalue weighted by molar-refractivity contribution is -0.121. The van der Waals surface area contributed by atoms with Crippen molar-refractivity contribution in [3.8, 4) is 0 Å². The summed E-state index contributed by atoms with van der Waals surface area (Å²) < 4.78 is 0. The van der Waals surface area contributed by atoms with E-state index in [0.29, 0.717) is 19.3 Å². The van der Waals surface area contributed by atoms with Crippen LogP contribution in [0.2, 0.25) is 0 Å². The summed E-state index contributed by atoms with van der Waals surface area (Å²) in [7, 11) is 0. The molecule has 2 aromatic rings. The van der Waals surface area contributed by atoms with Crippen LogP contribution < -0.4 is 10.6 Å². The van der Waals surface area contributed by atoms with Crippen molar-refractivity contribution < 1.29 is 9.59 Å². The van der Waals surface area contributed by atoms with Gasteiger partial charge in [0.1, 0.15) is 0 Å². The number of carbonyl (C=O) groups excluding carboxylic acids is 2. The Labute approximate surface area is 111 Å². The number of aryl methyl sites for hydroxylation is 1. The van der Waals surface area contributed by atoms with Crippen LogP contribution in [0.4, 0.5) is 0 Å². The average Bonchev–Trinajstić information content (AvgIpc) is 2.45. The van der Waals surface area contributed by atoms with Gasteiger partial charge in [-0.3, -0.25) is 9.59 Å². The molecule has 0 bridgehead atoms. The van der Waals surface area contributed by atoms with E-state index in [1.807, 2.05) is 18.2 Å². The Kier molecular flexibility index (Phi) is 4.50. The van der Waals surface area contributed by atoms with Crippen molar-refractivity contribution in [2.24, 2.45) is 0 Å². The van der Waals surface area contributed by atoms with E-state index in [4.69, 9.17) is 0 Å². The second kappa shape index (κ2) is 6.54. The van der Waals surface area contributed by atoms with E-state index in [0.717, 1.165) is 5.56 Å². The molecule has 2 aromatic carbocycles. The number of carbonyl (C=O) groups is 2. The SMILES string of the molecule is O=CNCNC(=O)CCc1ccc2ccccc2c1. The van der Waals surface area contributed by atoms with Crippen LogP contribution in [0.15, 0.2) is 42.5 Å². The first-order valence-corrected chi connectivity index (χ1v) is 6.21. The molecule has 2 rings (SSSR count). The van der Waals surface area contributed by atoms with Crippen LogP contribution in [0.5, 0.6) is 0 Å². The molecule has 0 aromatic heterocycles. The van der Waals surface area contributed by atoms with Gasteiger partial charge >= 0.3 is 0 Å². The predicted molar refractivity (Wildman–Crippen MR) is 74.5 cm³/mol. The molecule has 4 heteroatoms. The maximum Gasteiger partial charge on any atom is 0.221 e. The number of benzene rings is 2. The molecular formula is C15H16N2O2. The number of rotatable bonds is 6. The van der Waals surface area contributed by atoms with Gasteiger partial charge in [0, 0.05) is 6.42 Å². The third-order valence-corrected chi connectivity index (χ3v) is 2.93. The van der Waals surface area contributed by atoms with Crippen LogP contribution in [0, 0.1) is 0 Å². The first-order valence-electron chi connectivity index (χ1n) is 6.21. The van der Waals surface area contributed by atoms with E-state index in [2.05, 4.69) is 34.9 Å². The Bertz CT molecular complexity index is 581. The maximum absolute atomic E-state index is 11.5. The van der Waals surface area contributed by atoms with Gasteiger partial charge in [0.2, 0.25) is 12.3 Å². The van der Waals surface area contributed by atoms with Gasteiger partial charge in [-0.05, 0) is 22.8 Å². The van der Waals surface area contributed by atoms with Crippen molar-refractivity contribution in [3.63, 3.8) is 0 Å². The first kappa shape index (κ1) is 13.1. The van der Waals surface area contributed by atoms with Gasteiger partial charge < -0.3 is 10.6 Å². The third kappa shape index (κ3) is 3.81. The highest BCUT2D eigenvalue weighted by Crippen LogP contribution is 2.16. The zero-order chi connectivity index (χ0) is 13.5. The van der Waals surface area contributed by atoms with E-state index >= 15 is 0 Å². The summed E-state index contributed by atoms with van der Waals surface area (Å²) in [4.78, 5) is 21.5. The van der Waals surface area contributed by atoms with Gasteiger partial charge in [-0.25, -0.2) is 0 Å². The summed E-state index contributed by atoms with van der Waals surface area (Å²) in [6, 6.07) is 14.4. The molecule has 0 saturated carbocycles. The lowest BCUT2D eigenvalue weighted by Crippen LogP contribution is -2.33. The Hall–Kier alpha value is -2.36. The van der Waals surface area contributed by atoms with Crippen molar-refractivity contribution in [1.82, 2.24) is 10.6 Å². The quantitative estimate of drug-likeness (QED) is 0.468. The fraction of sp³-hybridized carbons (Fsp3) is 0.200. The van der Waals surface area contributed by atoms with E-state index in [1.165, 1.54) is 10.8 Å². The standard InChI is InChI=1S/C15H16N2O2/c18-11-16-10-17-15(19)8-6-12-5-7-13-3-1-2-4-14(13)9-12/h1-5,7,9,11H,6,8,10H2,(H,16,18)(H,17,19). The number of hydrogen-bond acceptors (Lipinski definition) is 2. The molecule has 0 unspecified atom stereocenters. The Morgan fingerprint density at radius 2 is 1.89 bits per heavy atom. The average molecular weight is 256 g/mol. The Morgan fingerprint density at radius 1 is 1.11 bits per heavy atom. The lowest BCUT2D eigenvalue weighted by atomic mass is 10.0. The molecule has 0 spiro atoms. The minimum atomic E-state index is -0.0671. The Morgan fingerprint density at radius 3 is 2.68 bits per heavy atom. The molecule has 0 heterocycles. The maximum atomic E-state index is 11.5. The molecule has 0 fully saturated rings. The normalized spacial score (nSPS) is 10.1. The number of fused-ring (bicyclic) bond motifs is 1. The topological polar surface area (TPSA) is 58.2 Å². The Balaban J connectivity index is 1.90. The van der Waals surface area contributed by atoms with Crippen LogP contribution in [-0.4, -0.2) is 19.0 Å². The van der Waals surface area contributed by atoms with Gasteiger partial charge in [0.05, 0.1) is 6.67 Å². The summed E-state index contributed by atoms with van der Waals surface area (Å²) in [5.74, 6) is -0.0671. The largest absolute Gasteiger partial charge is 0.341 e. The van der Waals surface area contributed by atoms with Gasteiger partial charge in [-0.15, -0.1) is 0 Å². The van der Waals surface area contributed by atoms with Gasteiger partial charge in [-0.1, -0.05) is 42.5 Å². The predicted octanol–water partition coefficient (Wildman–Crippen LogP) is 1.59. The smallest absolute Gasteiger partial charge is 0.221 e. The van der Waals surface area contributed by atoms with Crippen LogP contribution in [-0.2, 0) is 16.0 Å². The molecule has 98 valence electrons. The van der Waals surface area contributed by atoms with E-state index in [1.54, 1.807) is 0 Å². The summed E-state index contributed by atoms with van der Waals surface area (Å²) in [5.41, 5.74) is 1.14. The highest BCUT2D eigenvalue weighted by Gasteiger charge is 2.02. The van der Waals surface area contributed by atoms with Crippen LogP contribution in [0.3, 0.4) is 0 Å². The van der Waals surface area contributed by atoms with Crippen LogP contribution in [0.25, 0.3) is 10.8 Å². The highest BCUT2D eigenvalue weighted by molar-refractivity contribution is 5.83. The van der Waals surface area contributed by atoms with Crippen molar-refractivity contribution in [2.75, 3.05) is 6.67 Å². The highest BCUT2D eigenvalue weighted by atomic mass is 16.2. The molecule has 19 heavy (non-hydrogen) atoms. The first-order chi connectivity index (χ1) is 9.29. The summed E-state index contributed by atoms with van der Waals surface area (Å²) in [5, 5.41) is 7.38. The van der Waals surface area contributed by atoms with Crippen molar-refractivity contribution >= 4 is 23.1 Å². The second-order valence-corrected chi connectivity index (χ2v) is 4.28. The van der Waals surface area contributed by atoms with Gasteiger partial charge in [0.15, 0.2) is 0 Å². The number of hydrogen-bond donors (Lipinski definition) is 2. The third-order valence-electron chi connectivity index (χ3n) is 2.93.